The average molecular weight is 333 g/mol. The summed E-state index contributed by atoms with van der Waals surface area (Å²) in [5, 5.41) is 15.3. The molecular formula is C15H19N5O2S. The molecule has 2 aromatic heterocycles. The van der Waals surface area contributed by atoms with Gasteiger partial charge in [-0.25, -0.2) is 9.78 Å². The number of hydrogen-bond acceptors (Lipinski definition) is 6. The van der Waals surface area contributed by atoms with Crippen LogP contribution >= 0.6 is 11.3 Å². The molecule has 1 atom stereocenters. The Bertz CT molecular complexity index is 885. The predicted octanol–water partition coefficient (Wildman–Crippen LogP) is 1.71. The Morgan fingerprint density at radius 1 is 1.26 bits per heavy atom. The maximum absolute atomic E-state index is 12.1. The van der Waals surface area contributed by atoms with E-state index in [9.17, 15) is 14.9 Å². The number of nitrogens with one attached hydrogen (secondary N) is 1. The third-order valence-electron chi connectivity index (χ3n) is 3.61. The van der Waals surface area contributed by atoms with Gasteiger partial charge in [0, 0.05) is 25.4 Å². The van der Waals surface area contributed by atoms with E-state index in [-0.39, 0.29) is 17.4 Å². The molecule has 0 bridgehead atoms. The Balaban J connectivity index is 2.45. The first-order valence-corrected chi connectivity index (χ1v) is 8.07. The van der Waals surface area contributed by atoms with Crippen LogP contribution in [0.25, 0.3) is 0 Å². The standard InChI is InChI=1S/C15H19N5O2S/c1-8(2)13-18-11(7-23-13)9(3)17-12-10(6-16)14(21)20(5)15(22)19(12)4/h7-9,17H,1-5H3/t9-/m1/s1. The molecule has 0 spiro atoms. The minimum atomic E-state index is -0.605. The fraction of sp³-hybridized carbons (Fsp3) is 0.467. The lowest BCUT2D eigenvalue weighted by Crippen LogP contribution is -2.40. The third-order valence-corrected chi connectivity index (χ3v) is 4.77. The van der Waals surface area contributed by atoms with E-state index in [1.807, 2.05) is 18.4 Å². The predicted molar refractivity (Wildman–Crippen MR) is 89.9 cm³/mol. The molecule has 2 heterocycles. The lowest BCUT2D eigenvalue weighted by molar-refractivity contribution is 0.676. The van der Waals surface area contributed by atoms with Gasteiger partial charge in [-0.1, -0.05) is 13.8 Å². The van der Waals surface area contributed by atoms with Gasteiger partial charge < -0.3 is 5.32 Å². The molecule has 0 saturated carbocycles. The summed E-state index contributed by atoms with van der Waals surface area (Å²) in [6.07, 6.45) is 0. The van der Waals surface area contributed by atoms with E-state index in [0.717, 1.165) is 15.3 Å². The molecule has 7 nitrogen and oxygen atoms in total. The van der Waals surface area contributed by atoms with Crippen LogP contribution in [0.4, 0.5) is 5.82 Å². The van der Waals surface area contributed by atoms with E-state index in [1.54, 1.807) is 11.3 Å². The smallest absolute Gasteiger partial charge is 0.332 e. The van der Waals surface area contributed by atoms with E-state index >= 15 is 0 Å². The number of nitrogens with zero attached hydrogens (tertiary/aromatic N) is 4. The molecule has 2 rings (SSSR count). The molecule has 0 aliphatic carbocycles. The number of aromatic nitrogens is 3. The lowest BCUT2D eigenvalue weighted by atomic mass is 10.2. The minimum Gasteiger partial charge on any atom is -0.362 e. The van der Waals surface area contributed by atoms with Crippen LogP contribution in [0.15, 0.2) is 15.0 Å². The first-order chi connectivity index (χ1) is 10.8. The van der Waals surface area contributed by atoms with Gasteiger partial charge in [-0.2, -0.15) is 5.26 Å². The van der Waals surface area contributed by atoms with Gasteiger partial charge in [0.25, 0.3) is 5.56 Å². The van der Waals surface area contributed by atoms with Crippen molar-refractivity contribution in [2.75, 3.05) is 5.32 Å². The van der Waals surface area contributed by atoms with Crippen LogP contribution in [0.1, 0.15) is 49.0 Å². The second kappa shape index (κ2) is 6.38. The monoisotopic (exact) mass is 333 g/mol. The van der Waals surface area contributed by atoms with Gasteiger partial charge in [0.2, 0.25) is 0 Å². The third kappa shape index (κ3) is 3.05. The molecule has 0 amide bonds. The molecule has 8 heteroatoms. The highest BCUT2D eigenvalue weighted by molar-refractivity contribution is 7.09. The van der Waals surface area contributed by atoms with E-state index in [1.165, 1.54) is 18.7 Å². The molecule has 2 aromatic rings. The Morgan fingerprint density at radius 2 is 1.91 bits per heavy atom. The Labute approximate surface area is 137 Å². The molecule has 0 unspecified atom stereocenters. The van der Waals surface area contributed by atoms with Gasteiger partial charge in [-0.05, 0) is 6.92 Å². The van der Waals surface area contributed by atoms with Crippen molar-refractivity contribution in [3.63, 3.8) is 0 Å². The fourth-order valence-electron chi connectivity index (χ4n) is 2.16. The van der Waals surface area contributed by atoms with Crippen LogP contribution in [0.3, 0.4) is 0 Å². The molecule has 0 radical (unpaired) electrons. The molecule has 0 aliphatic rings. The Hall–Kier alpha value is -2.40. The van der Waals surface area contributed by atoms with Gasteiger partial charge in [-0.15, -0.1) is 11.3 Å². The fourth-order valence-corrected chi connectivity index (χ4v) is 3.09. The van der Waals surface area contributed by atoms with Crippen molar-refractivity contribution in [3.05, 3.63) is 42.5 Å². The summed E-state index contributed by atoms with van der Waals surface area (Å²) in [6.45, 7) is 6.01. The summed E-state index contributed by atoms with van der Waals surface area (Å²) in [5.41, 5.74) is -0.354. The topological polar surface area (TPSA) is 92.7 Å². The average Bonchev–Trinajstić information content (AvgIpc) is 3.01. The Morgan fingerprint density at radius 3 is 2.43 bits per heavy atom. The second-order valence-electron chi connectivity index (χ2n) is 5.67. The van der Waals surface area contributed by atoms with E-state index in [0.29, 0.717) is 5.92 Å². The van der Waals surface area contributed by atoms with E-state index in [4.69, 9.17) is 0 Å². The van der Waals surface area contributed by atoms with E-state index < -0.39 is 11.2 Å². The van der Waals surface area contributed by atoms with Gasteiger partial charge in [0.05, 0.1) is 16.7 Å². The van der Waals surface area contributed by atoms with Crippen LogP contribution in [-0.2, 0) is 14.1 Å². The molecule has 122 valence electrons. The Kier molecular flexibility index (Phi) is 4.71. The molecular weight excluding hydrogens is 314 g/mol. The summed E-state index contributed by atoms with van der Waals surface area (Å²) < 4.78 is 2.19. The SMILES string of the molecule is CC(C)c1nc([C@@H](C)Nc2c(C#N)c(=O)n(C)c(=O)n2C)cs1. The second-order valence-corrected chi connectivity index (χ2v) is 6.56. The first kappa shape index (κ1) is 17.0. The van der Waals surface area contributed by atoms with Gasteiger partial charge in [0.15, 0.2) is 5.56 Å². The van der Waals surface area contributed by atoms with Crippen LogP contribution < -0.4 is 16.6 Å². The lowest BCUT2D eigenvalue weighted by Gasteiger charge is -2.17. The van der Waals surface area contributed by atoms with Crippen molar-refractivity contribution in [2.24, 2.45) is 14.1 Å². The maximum atomic E-state index is 12.1. The molecule has 0 saturated heterocycles. The molecule has 23 heavy (non-hydrogen) atoms. The van der Waals surface area contributed by atoms with Crippen LogP contribution in [-0.4, -0.2) is 14.1 Å². The normalized spacial score (nSPS) is 12.2. The molecule has 0 fully saturated rings. The summed E-state index contributed by atoms with van der Waals surface area (Å²) in [4.78, 5) is 28.7. The highest BCUT2D eigenvalue weighted by Gasteiger charge is 2.19. The van der Waals surface area contributed by atoms with Crippen LogP contribution in [0.2, 0.25) is 0 Å². The molecule has 0 aliphatic heterocycles. The number of hydrogen-bond donors (Lipinski definition) is 1. The van der Waals surface area contributed by atoms with Gasteiger partial charge >= 0.3 is 5.69 Å². The zero-order valence-corrected chi connectivity index (χ0v) is 14.6. The first-order valence-electron chi connectivity index (χ1n) is 7.19. The zero-order valence-electron chi connectivity index (χ0n) is 13.7. The summed E-state index contributed by atoms with van der Waals surface area (Å²) in [5.74, 6) is 0.552. The van der Waals surface area contributed by atoms with Crippen molar-refractivity contribution in [1.29, 1.82) is 5.26 Å². The highest BCUT2D eigenvalue weighted by atomic mass is 32.1. The van der Waals surface area contributed by atoms with Crippen molar-refractivity contribution >= 4 is 17.2 Å². The van der Waals surface area contributed by atoms with Crippen molar-refractivity contribution in [2.45, 2.75) is 32.7 Å². The van der Waals surface area contributed by atoms with Crippen molar-refractivity contribution in [1.82, 2.24) is 14.1 Å². The van der Waals surface area contributed by atoms with E-state index in [2.05, 4.69) is 24.1 Å². The van der Waals surface area contributed by atoms with Crippen LogP contribution in [0.5, 0.6) is 0 Å². The molecule has 0 aromatic carbocycles. The number of thiazole rings is 1. The largest absolute Gasteiger partial charge is 0.362 e. The molecule has 1 N–H and O–H groups in total. The van der Waals surface area contributed by atoms with Gasteiger partial charge in [0.1, 0.15) is 11.9 Å². The number of anilines is 1. The summed E-state index contributed by atoms with van der Waals surface area (Å²) in [6, 6.07) is 1.65. The zero-order chi connectivity index (χ0) is 17.3. The number of nitriles is 1. The summed E-state index contributed by atoms with van der Waals surface area (Å²) >= 11 is 1.57. The van der Waals surface area contributed by atoms with Crippen molar-refractivity contribution < 1.29 is 0 Å². The maximum Gasteiger partial charge on any atom is 0.332 e. The van der Waals surface area contributed by atoms with Gasteiger partial charge in [-0.3, -0.25) is 13.9 Å². The number of rotatable bonds is 4. The highest BCUT2D eigenvalue weighted by Crippen LogP contribution is 2.25. The quantitative estimate of drug-likeness (QED) is 0.919. The summed E-state index contributed by atoms with van der Waals surface area (Å²) in [7, 11) is 2.88. The van der Waals surface area contributed by atoms with Crippen LogP contribution in [0, 0.1) is 11.3 Å². The minimum absolute atomic E-state index is 0.0826. The van der Waals surface area contributed by atoms with Crippen molar-refractivity contribution in [3.8, 4) is 6.07 Å².